The highest BCUT2D eigenvalue weighted by Crippen LogP contribution is 2.39. The van der Waals surface area contributed by atoms with Crippen molar-refractivity contribution < 1.29 is 27.4 Å². The van der Waals surface area contributed by atoms with Crippen LogP contribution in [0.2, 0.25) is 0 Å². The Kier molecular flexibility index (Phi) is 12.4. The highest BCUT2D eigenvalue weighted by molar-refractivity contribution is 7.81. The Morgan fingerprint density at radius 2 is 1.55 bits per heavy atom. The number of unbranched alkanes of at least 4 members (excludes halogenated alkanes) is 3. The normalized spacial score (nSPS) is 14.6. The third kappa shape index (κ3) is 7.95. The first-order chi connectivity index (χ1) is 19.0. The minimum Gasteiger partial charge on any atom is -0.494 e. The topological polar surface area (TPSA) is 65.8 Å². The first-order valence-corrected chi connectivity index (χ1v) is 14.0. The smallest absolute Gasteiger partial charge is 0.417 e. The summed E-state index contributed by atoms with van der Waals surface area (Å²) in [5.74, 6) is 0.195. The largest absolute Gasteiger partial charge is 0.494 e. The number of thiocarbonyl (C=S) groups is 1. The number of rotatable bonds is 12. The van der Waals surface area contributed by atoms with Crippen molar-refractivity contribution in [1.82, 2.24) is 0 Å². The minimum absolute atomic E-state index is 0.0439. The van der Waals surface area contributed by atoms with E-state index >= 15 is 0 Å². The maximum absolute atomic E-state index is 13.5. The van der Waals surface area contributed by atoms with Crippen molar-refractivity contribution in [2.24, 2.45) is 0 Å². The molecule has 0 unspecified atom stereocenters. The number of carbonyl (C=O) groups is 1. The molecule has 1 aliphatic rings. The maximum Gasteiger partial charge on any atom is 0.417 e. The van der Waals surface area contributed by atoms with E-state index in [1.807, 2.05) is 13.8 Å². The second-order valence-corrected chi connectivity index (χ2v) is 9.89. The molecular formula is C30H38F3N3O3S. The summed E-state index contributed by atoms with van der Waals surface area (Å²) in [6.45, 7) is 11.6. The number of hydrogen-bond donors (Lipinski definition) is 0. The molecule has 0 radical (unpaired) electrons. The third-order valence-corrected chi connectivity index (χ3v) is 6.66. The van der Waals surface area contributed by atoms with Gasteiger partial charge in [-0.1, -0.05) is 27.2 Å². The van der Waals surface area contributed by atoms with E-state index in [1.165, 1.54) is 6.07 Å². The van der Waals surface area contributed by atoms with Crippen molar-refractivity contribution >= 4 is 34.6 Å². The van der Waals surface area contributed by atoms with E-state index in [0.717, 1.165) is 62.4 Å². The predicted octanol–water partition coefficient (Wildman–Crippen LogP) is 7.89. The van der Waals surface area contributed by atoms with Crippen LogP contribution in [0.15, 0.2) is 42.5 Å². The lowest BCUT2D eigenvalue weighted by atomic mass is 10.0. The van der Waals surface area contributed by atoms with Crippen molar-refractivity contribution in [1.29, 1.82) is 5.26 Å². The van der Waals surface area contributed by atoms with Crippen LogP contribution in [0.3, 0.4) is 0 Å². The van der Waals surface area contributed by atoms with Crippen LogP contribution >= 0.6 is 12.2 Å². The molecule has 0 N–H and O–H groups in total. The average Bonchev–Trinajstić information content (AvgIpc) is 3.11. The Labute approximate surface area is 240 Å². The number of anilines is 2. The molecule has 40 heavy (non-hydrogen) atoms. The average molecular weight is 578 g/mol. The summed E-state index contributed by atoms with van der Waals surface area (Å²) in [5, 5.41) is 9.14. The summed E-state index contributed by atoms with van der Waals surface area (Å²) in [7, 11) is 0. The minimum atomic E-state index is -4.75. The van der Waals surface area contributed by atoms with E-state index in [-0.39, 0.29) is 10.8 Å². The Bertz CT molecular complexity index is 1180. The van der Waals surface area contributed by atoms with Crippen molar-refractivity contribution in [3.63, 3.8) is 0 Å². The standard InChI is InChI=1S/C28H32F3N3O3S.C2H6/c1-4-5-15-36-16-7-6-8-17-37-23-13-11-21(12-14-23)34-26(38)33(25(35)27(34,2)3)22-10-9-20(19-32)24(18-22)28(29,30)31;1-2/h9-14,18H,4-8,15-17H2,1-3H3;1-2H3. The van der Waals surface area contributed by atoms with E-state index in [4.69, 9.17) is 27.0 Å². The van der Waals surface area contributed by atoms with Gasteiger partial charge in [-0.15, -0.1) is 0 Å². The lowest BCUT2D eigenvalue weighted by Crippen LogP contribution is -2.44. The van der Waals surface area contributed by atoms with Gasteiger partial charge in [0.1, 0.15) is 11.3 Å². The molecule has 1 fully saturated rings. The first kappa shape index (κ1) is 33.0. The van der Waals surface area contributed by atoms with Gasteiger partial charge in [-0.2, -0.15) is 18.4 Å². The molecule has 0 saturated carbocycles. The molecule has 218 valence electrons. The fourth-order valence-corrected chi connectivity index (χ4v) is 4.69. The highest BCUT2D eigenvalue weighted by Gasteiger charge is 2.50. The number of ether oxygens (including phenoxy) is 2. The Hall–Kier alpha value is -3.16. The Morgan fingerprint density at radius 3 is 2.15 bits per heavy atom. The molecule has 6 nitrogen and oxygen atoms in total. The number of halogens is 3. The van der Waals surface area contributed by atoms with Gasteiger partial charge in [-0.3, -0.25) is 9.69 Å². The molecule has 0 aromatic heterocycles. The fourth-order valence-electron chi connectivity index (χ4n) is 4.17. The van der Waals surface area contributed by atoms with Gasteiger partial charge < -0.3 is 14.4 Å². The van der Waals surface area contributed by atoms with Gasteiger partial charge in [0.2, 0.25) is 0 Å². The van der Waals surface area contributed by atoms with E-state index in [1.54, 1.807) is 49.1 Å². The second-order valence-electron chi connectivity index (χ2n) is 9.53. The molecule has 2 aromatic rings. The third-order valence-electron chi connectivity index (χ3n) is 6.29. The molecule has 2 aromatic carbocycles. The molecule has 1 saturated heterocycles. The van der Waals surface area contributed by atoms with Gasteiger partial charge in [0.05, 0.1) is 29.5 Å². The summed E-state index contributed by atoms with van der Waals surface area (Å²) >= 11 is 5.57. The molecule has 0 spiro atoms. The summed E-state index contributed by atoms with van der Waals surface area (Å²) in [4.78, 5) is 16.0. The highest BCUT2D eigenvalue weighted by atomic mass is 32.1. The number of nitriles is 1. The van der Waals surface area contributed by atoms with Gasteiger partial charge in [-0.05, 0) is 94.2 Å². The van der Waals surface area contributed by atoms with Crippen molar-refractivity contribution in [2.45, 2.75) is 78.4 Å². The first-order valence-electron chi connectivity index (χ1n) is 13.6. The second kappa shape index (κ2) is 15.0. The summed E-state index contributed by atoms with van der Waals surface area (Å²) in [5.41, 5.74) is -2.22. The maximum atomic E-state index is 13.5. The molecule has 0 bridgehead atoms. The van der Waals surface area contributed by atoms with Gasteiger partial charge in [-0.25, -0.2) is 0 Å². The number of carbonyl (C=O) groups excluding carboxylic acids is 1. The number of amides is 1. The van der Waals surface area contributed by atoms with Gasteiger partial charge in [0.25, 0.3) is 5.91 Å². The quantitative estimate of drug-likeness (QED) is 0.189. The van der Waals surface area contributed by atoms with Crippen LogP contribution in [0.5, 0.6) is 5.75 Å². The van der Waals surface area contributed by atoms with Crippen LogP contribution in [0, 0.1) is 11.3 Å². The zero-order chi connectivity index (χ0) is 29.9. The summed E-state index contributed by atoms with van der Waals surface area (Å²) in [6, 6.07) is 11.8. The molecule has 1 aliphatic heterocycles. The molecule has 1 heterocycles. The van der Waals surface area contributed by atoms with E-state index in [9.17, 15) is 18.0 Å². The van der Waals surface area contributed by atoms with Crippen molar-refractivity contribution in [3.05, 3.63) is 53.6 Å². The van der Waals surface area contributed by atoms with Crippen LogP contribution in [0.25, 0.3) is 0 Å². The van der Waals surface area contributed by atoms with E-state index in [2.05, 4.69) is 6.92 Å². The summed E-state index contributed by atoms with van der Waals surface area (Å²) < 4.78 is 51.9. The predicted molar refractivity (Wildman–Crippen MR) is 156 cm³/mol. The number of alkyl halides is 3. The Morgan fingerprint density at radius 1 is 0.950 bits per heavy atom. The molecule has 3 rings (SSSR count). The van der Waals surface area contributed by atoms with Gasteiger partial charge in [0.15, 0.2) is 5.11 Å². The van der Waals surface area contributed by atoms with Crippen LogP contribution in [-0.2, 0) is 15.7 Å². The molecule has 0 aliphatic carbocycles. The van der Waals surface area contributed by atoms with Crippen LogP contribution < -0.4 is 14.5 Å². The zero-order valence-corrected chi connectivity index (χ0v) is 24.6. The van der Waals surface area contributed by atoms with Crippen LogP contribution in [0.4, 0.5) is 24.5 Å². The van der Waals surface area contributed by atoms with Crippen molar-refractivity contribution in [2.75, 3.05) is 29.6 Å². The SMILES string of the molecule is CC.CCCCOCCCCCOc1ccc(N2C(=S)N(c3ccc(C#N)c(C(F)(F)F)c3)C(=O)C2(C)C)cc1. The molecule has 1 amide bonds. The van der Waals surface area contributed by atoms with Gasteiger partial charge in [0, 0.05) is 18.9 Å². The number of benzene rings is 2. The molecule has 0 atom stereocenters. The van der Waals surface area contributed by atoms with E-state index in [0.29, 0.717) is 18.0 Å². The van der Waals surface area contributed by atoms with Gasteiger partial charge >= 0.3 is 6.18 Å². The Balaban J connectivity index is 0.00000274. The fraction of sp³-hybridized carbons (Fsp3) is 0.500. The lowest BCUT2D eigenvalue weighted by Gasteiger charge is -2.29. The molecule has 10 heteroatoms. The van der Waals surface area contributed by atoms with Crippen LogP contribution in [-0.4, -0.2) is 36.4 Å². The number of hydrogen-bond acceptors (Lipinski definition) is 5. The summed E-state index contributed by atoms with van der Waals surface area (Å²) in [6.07, 6.45) is 0.349. The lowest BCUT2D eigenvalue weighted by molar-refractivity contribution is -0.137. The number of nitrogens with zero attached hydrogens (tertiary/aromatic N) is 3. The van der Waals surface area contributed by atoms with Crippen molar-refractivity contribution in [3.8, 4) is 11.8 Å². The monoisotopic (exact) mass is 577 g/mol. The zero-order valence-electron chi connectivity index (χ0n) is 23.8. The molecular weight excluding hydrogens is 539 g/mol. The van der Waals surface area contributed by atoms with E-state index < -0.39 is 28.7 Å². The van der Waals surface area contributed by atoms with Crippen LogP contribution in [0.1, 0.15) is 77.8 Å².